The fourth-order valence-electron chi connectivity index (χ4n) is 2.02. The second-order valence-electron chi connectivity index (χ2n) is 4.45. The van der Waals surface area contributed by atoms with Crippen LogP contribution in [0.3, 0.4) is 0 Å². The lowest BCUT2D eigenvalue weighted by Crippen LogP contribution is -2.19. The summed E-state index contributed by atoms with van der Waals surface area (Å²) in [7, 11) is 1.85. The van der Waals surface area contributed by atoms with Crippen LogP contribution in [0.5, 0.6) is 0 Å². The predicted molar refractivity (Wildman–Crippen MR) is 91.1 cm³/mol. The minimum absolute atomic E-state index is 0.000163. The van der Waals surface area contributed by atoms with Crippen molar-refractivity contribution in [2.45, 2.75) is 12.5 Å². The molecule has 0 amide bonds. The SMILES string of the molecule is CNC(Cc1ccc(Cl)cc1F)c1ccc(I)c(Cl)c1. The zero-order chi connectivity index (χ0) is 14.7. The van der Waals surface area contributed by atoms with E-state index in [0.717, 1.165) is 9.13 Å². The number of hydrogen-bond donors (Lipinski definition) is 1. The molecule has 2 aromatic rings. The first-order valence-electron chi connectivity index (χ1n) is 6.07. The summed E-state index contributed by atoms with van der Waals surface area (Å²) < 4.78 is 14.9. The molecule has 0 heterocycles. The standard InChI is InChI=1S/C15H13Cl2FIN/c1-20-15(10-3-5-14(19)12(17)6-10)7-9-2-4-11(16)8-13(9)18/h2-6,8,15,20H,7H2,1H3. The predicted octanol–water partition coefficient (Wildman–Crippen LogP) is 5.24. The Bertz CT molecular complexity index is 619. The van der Waals surface area contributed by atoms with Crippen molar-refractivity contribution in [1.82, 2.24) is 5.32 Å². The Morgan fingerprint density at radius 2 is 1.95 bits per heavy atom. The van der Waals surface area contributed by atoms with Crippen LogP contribution in [0.2, 0.25) is 10.0 Å². The normalized spacial score (nSPS) is 12.4. The fourth-order valence-corrected chi connectivity index (χ4v) is 2.71. The van der Waals surface area contributed by atoms with Gasteiger partial charge in [0, 0.05) is 14.6 Å². The van der Waals surface area contributed by atoms with Gasteiger partial charge in [0.15, 0.2) is 0 Å². The van der Waals surface area contributed by atoms with E-state index < -0.39 is 0 Å². The zero-order valence-corrected chi connectivity index (χ0v) is 14.4. The maximum absolute atomic E-state index is 13.9. The van der Waals surface area contributed by atoms with E-state index in [1.54, 1.807) is 12.1 Å². The van der Waals surface area contributed by atoms with E-state index >= 15 is 0 Å². The highest BCUT2D eigenvalue weighted by atomic mass is 127. The Hall–Kier alpha value is -0.360. The van der Waals surface area contributed by atoms with E-state index in [-0.39, 0.29) is 11.9 Å². The van der Waals surface area contributed by atoms with Gasteiger partial charge in [-0.05, 0) is 71.5 Å². The van der Waals surface area contributed by atoms with Gasteiger partial charge >= 0.3 is 0 Å². The Kier molecular flexibility index (Phi) is 5.66. The summed E-state index contributed by atoms with van der Waals surface area (Å²) >= 11 is 14.1. The smallest absolute Gasteiger partial charge is 0.127 e. The Balaban J connectivity index is 2.26. The molecular weight excluding hydrogens is 411 g/mol. The van der Waals surface area contributed by atoms with Gasteiger partial charge < -0.3 is 5.32 Å². The van der Waals surface area contributed by atoms with Gasteiger partial charge in [0.05, 0.1) is 5.02 Å². The zero-order valence-electron chi connectivity index (χ0n) is 10.8. The third-order valence-corrected chi connectivity index (χ3v) is 4.94. The molecule has 106 valence electrons. The topological polar surface area (TPSA) is 12.0 Å². The molecular formula is C15H13Cl2FIN. The first-order chi connectivity index (χ1) is 9.51. The Morgan fingerprint density at radius 3 is 2.55 bits per heavy atom. The highest BCUT2D eigenvalue weighted by molar-refractivity contribution is 14.1. The lowest BCUT2D eigenvalue weighted by molar-refractivity contribution is 0.554. The van der Waals surface area contributed by atoms with Crippen molar-refractivity contribution in [2.24, 2.45) is 0 Å². The van der Waals surface area contributed by atoms with E-state index in [2.05, 4.69) is 27.9 Å². The maximum Gasteiger partial charge on any atom is 0.127 e. The molecule has 2 rings (SSSR count). The van der Waals surface area contributed by atoms with Gasteiger partial charge in [-0.15, -0.1) is 0 Å². The second kappa shape index (κ2) is 7.07. The number of hydrogen-bond acceptors (Lipinski definition) is 1. The van der Waals surface area contributed by atoms with Crippen molar-refractivity contribution in [1.29, 1.82) is 0 Å². The molecule has 0 radical (unpaired) electrons. The molecule has 0 fully saturated rings. The second-order valence-corrected chi connectivity index (χ2v) is 6.46. The van der Waals surface area contributed by atoms with Crippen LogP contribution in [0.4, 0.5) is 4.39 Å². The molecule has 0 bridgehead atoms. The van der Waals surface area contributed by atoms with Crippen LogP contribution in [0.25, 0.3) is 0 Å². The van der Waals surface area contributed by atoms with Crippen LogP contribution in [0.15, 0.2) is 36.4 Å². The van der Waals surface area contributed by atoms with Crippen LogP contribution < -0.4 is 5.32 Å². The van der Waals surface area contributed by atoms with Crippen LogP contribution in [-0.4, -0.2) is 7.05 Å². The van der Waals surface area contributed by atoms with E-state index in [1.807, 2.05) is 25.2 Å². The highest BCUT2D eigenvalue weighted by Crippen LogP contribution is 2.26. The first kappa shape index (κ1) is 16.0. The van der Waals surface area contributed by atoms with Gasteiger partial charge in [-0.3, -0.25) is 0 Å². The van der Waals surface area contributed by atoms with Crippen molar-refractivity contribution < 1.29 is 4.39 Å². The molecule has 1 N–H and O–H groups in total. The van der Waals surface area contributed by atoms with Gasteiger partial charge in [-0.1, -0.05) is 35.3 Å². The van der Waals surface area contributed by atoms with Crippen LogP contribution >= 0.6 is 45.8 Å². The number of halogens is 4. The Labute approximate surface area is 141 Å². The lowest BCUT2D eigenvalue weighted by Gasteiger charge is -2.18. The van der Waals surface area contributed by atoms with Gasteiger partial charge in [-0.2, -0.15) is 0 Å². The summed E-state index contributed by atoms with van der Waals surface area (Å²) in [5, 5.41) is 4.31. The van der Waals surface area contributed by atoms with E-state index in [9.17, 15) is 4.39 Å². The third-order valence-electron chi connectivity index (χ3n) is 3.13. The summed E-state index contributed by atoms with van der Waals surface area (Å²) in [6.45, 7) is 0. The summed E-state index contributed by atoms with van der Waals surface area (Å²) in [4.78, 5) is 0. The molecule has 20 heavy (non-hydrogen) atoms. The molecule has 0 saturated heterocycles. The summed E-state index contributed by atoms with van der Waals surface area (Å²) in [6.07, 6.45) is 0.538. The monoisotopic (exact) mass is 423 g/mol. The molecule has 0 aliphatic carbocycles. The van der Waals surface area contributed by atoms with Crippen molar-refractivity contribution in [2.75, 3.05) is 7.05 Å². The molecule has 0 aliphatic heterocycles. The van der Waals surface area contributed by atoms with Gasteiger partial charge in [0.2, 0.25) is 0 Å². The molecule has 0 spiro atoms. The molecule has 0 aliphatic rings. The third kappa shape index (κ3) is 3.85. The number of benzene rings is 2. The van der Waals surface area contributed by atoms with Crippen LogP contribution in [0, 0.1) is 9.39 Å². The summed E-state index contributed by atoms with van der Waals surface area (Å²) in [5.74, 6) is -0.283. The van der Waals surface area contributed by atoms with Crippen molar-refractivity contribution in [3.05, 3.63) is 67.0 Å². The summed E-state index contributed by atoms with van der Waals surface area (Å²) in [6, 6.07) is 10.6. The first-order valence-corrected chi connectivity index (χ1v) is 7.91. The molecule has 1 atom stereocenters. The molecule has 1 nitrogen and oxygen atoms in total. The molecule has 2 aromatic carbocycles. The molecule has 1 unspecified atom stereocenters. The van der Waals surface area contributed by atoms with Gasteiger partial charge in [0.25, 0.3) is 0 Å². The molecule has 5 heteroatoms. The molecule has 0 aromatic heterocycles. The largest absolute Gasteiger partial charge is 0.313 e. The number of rotatable bonds is 4. The quantitative estimate of drug-likeness (QED) is 0.663. The van der Waals surface area contributed by atoms with E-state index in [4.69, 9.17) is 23.2 Å². The Morgan fingerprint density at radius 1 is 1.20 bits per heavy atom. The van der Waals surface area contributed by atoms with Gasteiger partial charge in [-0.25, -0.2) is 4.39 Å². The lowest BCUT2D eigenvalue weighted by atomic mass is 9.99. The van der Waals surface area contributed by atoms with Crippen LogP contribution in [0.1, 0.15) is 17.2 Å². The summed E-state index contributed by atoms with van der Waals surface area (Å²) in [5.41, 5.74) is 1.66. The number of likely N-dealkylation sites (N-methyl/N-ethyl adjacent to an activating group) is 1. The minimum atomic E-state index is -0.283. The van der Waals surface area contributed by atoms with E-state index in [0.29, 0.717) is 22.0 Å². The fraction of sp³-hybridized carbons (Fsp3) is 0.200. The van der Waals surface area contributed by atoms with Crippen molar-refractivity contribution >= 4 is 45.8 Å². The average Bonchev–Trinajstić information content (AvgIpc) is 2.41. The van der Waals surface area contributed by atoms with Crippen molar-refractivity contribution in [3.63, 3.8) is 0 Å². The van der Waals surface area contributed by atoms with Crippen molar-refractivity contribution in [3.8, 4) is 0 Å². The maximum atomic E-state index is 13.9. The highest BCUT2D eigenvalue weighted by Gasteiger charge is 2.14. The molecule has 0 saturated carbocycles. The van der Waals surface area contributed by atoms with Gasteiger partial charge in [0.1, 0.15) is 5.82 Å². The minimum Gasteiger partial charge on any atom is -0.313 e. The average molecular weight is 424 g/mol. The van der Waals surface area contributed by atoms with E-state index in [1.165, 1.54) is 6.07 Å². The number of nitrogens with one attached hydrogen (secondary N) is 1. The van der Waals surface area contributed by atoms with Crippen LogP contribution in [-0.2, 0) is 6.42 Å².